The Bertz CT molecular complexity index is 649. The van der Waals surface area contributed by atoms with Crippen LogP contribution in [0.2, 0.25) is 0 Å². The lowest BCUT2D eigenvalue weighted by atomic mass is 9.77. The molecule has 3 fully saturated rings. The highest BCUT2D eigenvalue weighted by atomic mass is 16.5. The zero-order chi connectivity index (χ0) is 18.7. The second-order valence-corrected chi connectivity index (χ2v) is 8.64. The maximum Gasteiger partial charge on any atom is 0.223 e. The van der Waals surface area contributed by atoms with Gasteiger partial charge in [-0.15, -0.1) is 0 Å². The number of nitrogens with zero attached hydrogens (tertiary/aromatic N) is 2. The minimum absolute atomic E-state index is 0.197. The highest BCUT2D eigenvalue weighted by molar-refractivity contribution is 5.79. The number of likely N-dealkylation sites (tertiary alicyclic amines) is 2. The molecule has 0 radical (unpaired) electrons. The lowest BCUT2D eigenvalue weighted by Crippen LogP contribution is -2.42. The molecule has 0 aromatic heterocycles. The number of benzene rings is 1. The van der Waals surface area contributed by atoms with E-state index < -0.39 is 0 Å². The SMILES string of the molecule is COc1cccc(CN2CC3(CCN(CC[C@@H]4CCOC4)CC3)CC2=O)c1. The van der Waals surface area contributed by atoms with E-state index in [4.69, 9.17) is 9.47 Å². The second kappa shape index (κ2) is 8.19. The molecule has 27 heavy (non-hydrogen) atoms. The van der Waals surface area contributed by atoms with Gasteiger partial charge in [0, 0.05) is 32.7 Å². The summed E-state index contributed by atoms with van der Waals surface area (Å²) in [5.74, 6) is 1.93. The van der Waals surface area contributed by atoms with Crippen molar-refractivity contribution in [1.82, 2.24) is 9.80 Å². The number of piperidine rings is 1. The van der Waals surface area contributed by atoms with Crippen molar-refractivity contribution >= 4 is 5.91 Å². The Hall–Kier alpha value is -1.59. The number of ether oxygens (including phenoxy) is 2. The largest absolute Gasteiger partial charge is 0.497 e. The summed E-state index contributed by atoms with van der Waals surface area (Å²) < 4.78 is 10.8. The molecular formula is C22H32N2O3. The maximum atomic E-state index is 12.7. The minimum Gasteiger partial charge on any atom is -0.497 e. The molecule has 0 unspecified atom stereocenters. The molecule has 3 aliphatic rings. The third-order valence-electron chi connectivity index (χ3n) is 6.71. The number of hydrogen-bond acceptors (Lipinski definition) is 4. The summed E-state index contributed by atoms with van der Waals surface area (Å²) in [6.45, 7) is 6.95. The first kappa shape index (κ1) is 18.8. The van der Waals surface area contributed by atoms with E-state index in [9.17, 15) is 4.79 Å². The third kappa shape index (κ3) is 4.46. The topological polar surface area (TPSA) is 42.0 Å². The van der Waals surface area contributed by atoms with Gasteiger partial charge in [0.25, 0.3) is 0 Å². The summed E-state index contributed by atoms with van der Waals surface area (Å²) in [4.78, 5) is 17.3. The highest BCUT2D eigenvalue weighted by Gasteiger charge is 2.44. The van der Waals surface area contributed by atoms with Crippen molar-refractivity contribution < 1.29 is 14.3 Å². The Morgan fingerprint density at radius 1 is 1.30 bits per heavy atom. The van der Waals surface area contributed by atoms with Crippen LogP contribution in [0.25, 0.3) is 0 Å². The summed E-state index contributed by atoms with van der Waals surface area (Å²) >= 11 is 0. The van der Waals surface area contributed by atoms with Crippen molar-refractivity contribution in [3.8, 4) is 5.75 Å². The predicted molar refractivity (Wildman–Crippen MR) is 105 cm³/mol. The zero-order valence-corrected chi connectivity index (χ0v) is 16.5. The predicted octanol–water partition coefficient (Wildman–Crippen LogP) is 2.94. The molecule has 0 N–H and O–H groups in total. The van der Waals surface area contributed by atoms with Crippen LogP contribution in [0.4, 0.5) is 0 Å². The molecular weight excluding hydrogens is 340 g/mol. The molecule has 1 amide bonds. The summed E-state index contributed by atoms with van der Waals surface area (Å²) in [7, 11) is 1.68. The normalized spacial score (nSPS) is 25.4. The van der Waals surface area contributed by atoms with E-state index >= 15 is 0 Å². The number of hydrogen-bond donors (Lipinski definition) is 0. The van der Waals surface area contributed by atoms with Gasteiger partial charge in [-0.1, -0.05) is 12.1 Å². The minimum atomic E-state index is 0.197. The molecule has 5 heteroatoms. The first-order valence-corrected chi connectivity index (χ1v) is 10.4. The molecule has 5 nitrogen and oxygen atoms in total. The molecule has 1 spiro atoms. The van der Waals surface area contributed by atoms with Crippen molar-refractivity contribution in [1.29, 1.82) is 0 Å². The molecule has 3 aliphatic heterocycles. The first-order valence-electron chi connectivity index (χ1n) is 10.4. The quantitative estimate of drug-likeness (QED) is 0.770. The molecule has 0 saturated carbocycles. The van der Waals surface area contributed by atoms with Gasteiger partial charge in [-0.25, -0.2) is 0 Å². The number of methoxy groups -OCH3 is 1. The van der Waals surface area contributed by atoms with Gasteiger partial charge in [0.05, 0.1) is 7.11 Å². The van der Waals surface area contributed by atoms with Crippen LogP contribution in [-0.4, -0.2) is 62.2 Å². The average Bonchev–Trinajstić information content (AvgIpc) is 3.30. The van der Waals surface area contributed by atoms with Gasteiger partial charge in [-0.05, 0) is 74.3 Å². The molecule has 4 rings (SSSR count). The van der Waals surface area contributed by atoms with Crippen molar-refractivity contribution in [3.05, 3.63) is 29.8 Å². The Balaban J connectivity index is 1.28. The van der Waals surface area contributed by atoms with Crippen LogP contribution < -0.4 is 4.74 Å². The van der Waals surface area contributed by atoms with Crippen LogP contribution in [-0.2, 0) is 16.1 Å². The van der Waals surface area contributed by atoms with Crippen LogP contribution in [0.1, 0.15) is 37.7 Å². The van der Waals surface area contributed by atoms with Gasteiger partial charge in [-0.3, -0.25) is 4.79 Å². The number of amides is 1. The lowest BCUT2D eigenvalue weighted by Gasteiger charge is -2.39. The van der Waals surface area contributed by atoms with Crippen LogP contribution >= 0.6 is 0 Å². The van der Waals surface area contributed by atoms with E-state index in [1.807, 2.05) is 18.2 Å². The highest BCUT2D eigenvalue weighted by Crippen LogP contribution is 2.41. The van der Waals surface area contributed by atoms with Crippen molar-refractivity contribution in [2.24, 2.45) is 11.3 Å². The van der Waals surface area contributed by atoms with E-state index in [0.717, 1.165) is 69.3 Å². The van der Waals surface area contributed by atoms with E-state index in [1.165, 1.54) is 19.4 Å². The summed E-state index contributed by atoms with van der Waals surface area (Å²) in [5.41, 5.74) is 1.35. The zero-order valence-electron chi connectivity index (χ0n) is 16.5. The van der Waals surface area contributed by atoms with Crippen molar-refractivity contribution in [2.75, 3.05) is 46.5 Å². The van der Waals surface area contributed by atoms with Gasteiger partial charge in [0.2, 0.25) is 5.91 Å². The lowest BCUT2D eigenvalue weighted by molar-refractivity contribution is -0.128. The molecule has 0 aliphatic carbocycles. The average molecular weight is 373 g/mol. The van der Waals surface area contributed by atoms with Gasteiger partial charge in [0.15, 0.2) is 0 Å². The van der Waals surface area contributed by atoms with E-state index in [-0.39, 0.29) is 5.41 Å². The van der Waals surface area contributed by atoms with Crippen molar-refractivity contribution in [3.63, 3.8) is 0 Å². The first-order chi connectivity index (χ1) is 13.2. The van der Waals surface area contributed by atoms with Crippen LogP contribution in [0.3, 0.4) is 0 Å². The number of rotatable bonds is 6. The van der Waals surface area contributed by atoms with Crippen LogP contribution in [0.15, 0.2) is 24.3 Å². The second-order valence-electron chi connectivity index (χ2n) is 8.64. The molecule has 3 heterocycles. The van der Waals surface area contributed by atoms with E-state index in [2.05, 4.69) is 15.9 Å². The smallest absolute Gasteiger partial charge is 0.223 e. The number of carbonyl (C=O) groups is 1. The van der Waals surface area contributed by atoms with Gasteiger partial charge in [-0.2, -0.15) is 0 Å². The molecule has 148 valence electrons. The Kier molecular flexibility index (Phi) is 5.69. The maximum absolute atomic E-state index is 12.7. The fourth-order valence-corrected chi connectivity index (χ4v) is 4.88. The van der Waals surface area contributed by atoms with Crippen LogP contribution in [0.5, 0.6) is 5.75 Å². The van der Waals surface area contributed by atoms with Gasteiger partial charge >= 0.3 is 0 Å². The van der Waals surface area contributed by atoms with Crippen LogP contribution in [0, 0.1) is 11.3 Å². The summed E-state index contributed by atoms with van der Waals surface area (Å²) in [6.07, 6.45) is 5.50. The molecule has 1 atom stereocenters. The monoisotopic (exact) mass is 372 g/mol. The fourth-order valence-electron chi connectivity index (χ4n) is 4.88. The number of carbonyl (C=O) groups excluding carboxylic acids is 1. The van der Waals surface area contributed by atoms with E-state index in [0.29, 0.717) is 12.5 Å². The Morgan fingerprint density at radius 2 is 2.15 bits per heavy atom. The molecule has 1 aromatic carbocycles. The fraction of sp³-hybridized carbons (Fsp3) is 0.682. The molecule has 3 saturated heterocycles. The third-order valence-corrected chi connectivity index (χ3v) is 6.71. The van der Waals surface area contributed by atoms with Crippen molar-refractivity contribution in [2.45, 2.75) is 38.6 Å². The van der Waals surface area contributed by atoms with Gasteiger partial charge < -0.3 is 19.3 Å². The summed E-state index contributed by atoms with van der Waals surface area (Å²) in [6, 6.07) is 8.06. The Morgan fingerprint density at radius 3 is 2.89 bits per heavy atom. The standard InChI is InChI=1S/C22H32N2O3/c1-26-20-4-2-3-19(13-20)15-24-17-22(14-21(24)25)7-10-23(11-8-22)9-5-18-6-12-27-16-18/h2-4,13,18H,5-12,14-17H2,1H3/t18-/m1/s1. The molecule has 0 bridgehead atoms. The Labute approximate surface area is 162 Å². The molecule has 1 aromatic rings. The summed E-state index contributed by atoms with van der Waals surface area (Å²) in [5, 5.41) is 0. The van der Waals surface area contributed by atoms with E-state index in [1.54, 1.807) is 7.11 Å². The van der Waals surface area contributed by atoms with Gasteiger partial charge in [0.1, 0.15) is 5.75 Å².